The minimum absolute atomic E-state index is 0.0641. The number of nitrogens with zero attached hydrogens (tertiary/aromatic N) is 3. The molecule has 0 radical (unpaired) electrons. The van der Waals surface area contributed by atoms with Crippen LogP contribution in [0.3, 0.4) is 0 Å². The molecule has 1 amide bonds. The maximum absolute atomic E-state index is 13.3. The fourth-order valence-electron chi connectivity index (χ4n) is 2.60. The highest BCUT2D eigenvalue weighted by molar-refractivity contribution is 5.73. The van der Waals surface area contributed by atoms with Crippen LogP contribution in [0.5, 0.6) is 0 Å². The second-order valence-corrected chi connectivity index (χ2v) is 5.26. The Labute approximate surface area is 122 Å². The molecule has 0 N–H and O–H groups in total. The van der Waals surface area contributed by atoms with E-state index in [1.165, 1.54) is 12.1 Å². The van der Waals surface area contributed by atoms with Crippen LogP contribution in [0.15, 0.2) is 24.3 Å². The molecule has 4 nitrogen and oxygen atoms in total. The summed E-state index contributed by atoms with van der Waals surface area (Å²) in [6.45, 7) is 4.70. The molecule has 0 unspecified atom stereocenters. The summed E-state index contributed by atoms with van der Waals surface area (Å²) in [5, 5.41) is 0. The molecule has 21 heavy (non-hydrogen) atoms. The van der Waals surface area contributed by atoms with E-state index in [-0.39, 0.29) is 11.7 Å². The normalized spacial score (nSPS) is 14.0. The van der Waals surface area contributed by atoms with Crippen LogP contribution in [0, 0.1) is 12.7 Å². The Morgan fingerprint density at radius 3 is 2.86 bits per heavy atom. The molecule has 1 aromatic heterocycles. The second-order valence-electron chi connectivity index (χ2n) is 5.26. The summed E-state index contributed by atoms with van der Waals surface area (Å²) in [6.07, 6.45) is 0.709. The van der Waals surface area contributed by atoms with Crippen molar-refractivity contribution in [2.24, 2.45) is 0 Å². The molecule has 0 fully saturated rings. The molecule has 1 aliphatic heterocycles. The highest BCUT2D eigenvalue weighted by Crippen LogP contribution is 2.24. The first-order valence-electron chi connectivity index (χ1n) is 6.92. The summed E-state index contributed by atoms with van der Waals surface area (Å²) in [5.74, 6) is 0.311. The van der Waals surface area contributed by atoms with E-state index in [0.29, 0.717) is 30.9 Å². The van der Waals surface area contributed by atoms with Crippen molar-refractivity contribution in [3.63, 3.8) is 0 Å². The van der Waals surface area contributed by atoms with E-state index in [0.717, 1.165) is 17.0 Å². The first-order valence-corrected chi connectivity index (χ1v) is 6.92. The molecule has 5 heteroatoms. The van der Waals surface area contributed by atoms with Crippen LogP contribution in [0.25, 0.3) is 11.4 Å². The molecule has 0 saturated heterocycles. The number of aryl methyl sites for hydroxylation is 1. The maximum Gasteiger partial charge on any atom is 0.219 e. The van der Waals surface area contributed by atoms with E-state index >= 15 is 0 Å². The minimum atomic E-state index is -0.297. The van der Waals surface area contributed by atoms with Gasteiger partial charge in [-0.2, -0.15) is 0 Å². The quantitative estimate of drug-likeness (QED) is 0.808. The summed E-state index contributed by atoms with van der Waals surface area (Å²) >= 11 is 0. The van der Waals surface area contributed by atoms with Gasteiger partial charge in [0.1, 0.15) is 5.82 Å². The van der Waals surface area contributed by atoms with Gasteiger partial charge in [0.25, 0.3) is 0 Å². The average Bonchev–Trinajstić information content (AvgIpc) is 2.46. The summed E-state index contributed by atoms with van der Waals surface area (Å²) in [7, 11) is 0. The summed E-state index contributed by atoms with van der Waals surface area (Å²) in [4.78, 5) is 22.3. The van der Waals surface area contributed by atoms with Gasteiger partial charge in [-0.05, 0) is 19.1 Å². The first kappa shape index (κ1) is 13.7. The molecule has 2 heterocycles. The van der Waals surface area contributed by atoms with Crippen molar-refractivity contribution in [2.45, 2.75) is 26.8 Å². The Morgan fingerprint density at radius 1 is 1.33 bits per heavy atom. The average molecular weight is 285 g/mol. The standard InChI is InChI=1S/C16H16FN3O/c1-10-14-9-20(11(2)21)7-6-15(14)19-16(18-10)12-4-3-5-13(17)8-12/h3-5,8H,6-7,9H2,1-2H3. The molecule has 3 rings (SSSR count). The number of carbonyl (C=O) groups excluding carboxylic acids is 1. The van der Waals surface area contributed by atoms with Gasteiger partial charge in [-0.15, -0.1) is 0 Å². The molecule has 108 valence electrons. The molecular weight excluding hydrogens is 269 g/mol. The van der Waals surface area contributed by atoms with Crippen LogP contribution in [0.4, 0.5) is 4.39 Å². The van der Waals surface area contributed by atoms with Crippen LogP contribution in [-0.2, 0) is 17.8 Å². The van der Waals surface area contributed by atoms with E-state index in [4.69, 9.17) is 0 Å². The van der Waals surface area contributed by atoms with E-state index in [1.54, 1.807) is 24.0 Å². The van der Waals surface area contributed by atoms with Crippen molar-refractivity contribution < 1.29 is 9.18 Å². The topological polar surface area (TPSA) is 46.1 Å². The number of carbonyl (C=O) groups is 1. The summed E-state index contributed by atoms with van der Waals surface area (Å²) < 4.78 is 13.3. The van der Waals surface area contributed by atoms with Gasteiger partial charge >= 0.3 is 0 Å². The van der Waals surface area contributed by atoms with Gasteiger partial charge in [-0.25, -0.2) is 14.4 Å². The number of hydrogen-bond acceptors (Lipinski definition) is 3. The Kier molecular flexibility index (Phi) is 3.41. The number of halogens is 1. The summed E-state index contributed by atoms with van der Waals surface area (Å²) in [5.41, 5.74) is 3.50. The van der Waals surface area contributed by atoms with Gasteiger partial charge in [0.15, 0.2) is 5.82 Å². The molecule has 1 aromatic carbocycles. The smallest absolute Gasteiger partial charge is 0.219 e. The fraction of sp³-hybridized carbons (Fsp3) is 0.312. The van der Waals surface area contributed by atoms with Crippen LogP contribution in [-0.4, -0.2) is 27.3 Å². The lowest BCUT2D eigenvalue weighted by atomic mass is 10.0. The lowest BCUT2D eigenvalue weighted by Crippen LogP contribution is -2.35. The van der Waals surface area contributed by atoms with Crippen molar-refractivity contribution >= 4 is 5.91 Å². The van der Waals surface area contributed by atoms with Gasteiger partial charge in [-0.1, -0.05) is 12.1 Å². The zero-order valence-electron chi connectivity index (χ0n) is 12.1. The Hall–Kier alpha value is -2.30. The van der Waals surface area contributed by atoms with Gasteiger partial charge in [0.2, 0.25) is 5.91 Å². The largest absolute Gasteiger partial charge is 0.338 e. The van der Waals surface area contributed by atoms with Crippen molar-refractivity contribution in [1.82, 2.24) is 14.9 Å². The first-order chi connectivity index (χ1) is 10.0. The Balaban J connectivity index is 2.01. The van der Waals surface area contributed by atoms with Gasteiger partial charge in [-0.3, -0.25) is 4.79 Å². The second kappa shape index (κ2) is 5.24. The molecule has 0 spiro atoms. The van der Waals surface area contributed by atoms with Gasteiger partial charge in [0.05, 0.1) is 5.69 Å². The maximum atomic E-state index is 13.3. The molecule has 0 atom stereocenters. The van der Waals surface area contributed by atoms with Crippen molar-refractivity contribution in [1.29, 1.82) is 0 Å². The van der Waals surface area contributed by atoms with Crippen molar-refractivity contribution in [2.75, 3.05) is 6.54 Å². The number of rotatable bonds is 1. The Bertz CT molecular complexity index is 715. The highest BCUT2D eigenvalue weighted by atomic mass is 19.1. The van der Waals surface area contributed by atoms with E-state index in [2.05, 4.69) is 9.97 Å². The number of amides is 1. The third-order valence-corrected chi connectivity index (χ3v) is 3.80. The van der Waals surface area contributed by atoms with Gasteiger partial charge < -0.3 is 4.90 Å². The van der Waals surface area contributed by atoms with Crippen LogP contribution >= 0.6 is 0 Å². The monoisotopic (exact) mass is 285 g/mol. The van der Waals surface area contributed by atoms with Crippen molar-refractivity contribution in [3.05, 3.63) is 47.0 Å². The zero-order valence-corrected chi connectivity index (χ0v) is 12.1. The molecular formula is C16H16FN3O. The van der Waals surface area contributed by atoms with Crippen LogP contribution in [0.2, 0.25) is 0 Å². The minimum Gasteiger partial charge on any atom is -0.338 e. The van der Waals surface area contributed by atoms with E-state index in [9.17, 15) is 9.18 Å². The number of hydrogen-bond donors (Lipinski definition) is 0. The molecule has 2 aromatic rings. The van der Waals surface area contributed by atoms with E-state index in [1.807, 2.05) is 6.92 Å². The Morgan fingerprint density at radius 2 is 2.14 bits per heavy atom. The lowest BCUT2D eigenvalue weighted by Gasteiger charge is -2.28. The molecule has 0 bridgehead atoms. The van der Waals surface area contributed by atoms with Crippen LogP contribution < -0.4 is 0 Å². The number of benzene rings is 1. The van der Waals surface area contributed by atoms with Crippen molar-refractivity contribution in [3.8, 4) is 11.4 Å². The predicted molar refractivity (Wildman–Crippen MR) is 77.0 cm³/mol. The van der Waals surface area contributed by atoms with E-state index < -0.39 is 0 Å². The molecule has 1 aliphatic rings. The van der Waals surface area contributed by atoms with Gasteiger partial charge in [0, 0.05) is 43.3 Å². The predicted octanol–water partition coefficient (Wildman–Crippen LogP) is 2.50. The third-order valence-electron chi connectivity index (χ3n) is 3.80. The van der Waals surface area contributed by atoms with Crippen LogP contribution in [0.1, 0.15) is 23.9 Å². The summed E-state index contributed by atoms with van der Waals surface area (Å²) in [6, 6.07) is 6.29. The SMILES string of the molecule is CC(=O)N1CCc2nc(-c3cccc(F)c3)nc(C)c2C1. The lowest BCUT2D eigenvalue weighted by molar-refractivity contribution is -0.129. The fourth-order valence-corrected chi connectivity index (χ4v) is 2.60. The third kappa shape index (κ3) is 2.63. The highest BCUT2D eigenvalue weighted by Gasteiger charge is 2.22. The number of fused-ring (bicyclic) bond motifs is 1. The zero-order chi connectivity index (χ0) is 15.0. The molecule has 0 saturated carbocycles. The molecule has 0 aliphatic carbocycles. The number of aromatic nitrogens is 2.